The lowest BCUT2D eigenvalue weighted by Crippen LogP contribution is -2.39. The number of phenols is 12. The predicted octanol–water partition coefficient (Wildman–Crippen LogP) is 4.44. The van der Waals surface area contributed by atoms with Gasteiger partial charge in [-0.05, 0) is 47.5 Å². The highest BCUT2D eigenvalue weighted by Crippen LogP contribution is 2.62. The van der Waals surface area contributed by atoms with E-state index in [1.54, 1.807) is 0 Å². The average molecular weight is 867 g/mol. The SMILES string of the molecule is Oc1ccc([C@H]2Oc3c(c(O)cc(O)c3[C@H]3c4c(O)cc(O)cc4O[C@H](c4cc(O)c(O)c(O)c4)[C@@H]3O)[C@H](c3c(O)cc(O)c4c3OC(c3ccc(O)c(O)c3)[C@@H](O)C4)[C@H]2O)cc1. The summed E-state index contributed by atoms with van der Waals surface area (Å²) in [5, 5.41) is 166. The van der Waals surface area contributed by atoms with Crippen molar-refractivity contribution in [3.05, 3.63) is 123 Å². The van der Waals surface area contributed by atoms with Gasteiger partial charge in [0.15, 0.2) is 41.0 Å². The van der Waals surface area contributed by atoms with Gasteiger partial charge in [-0.2, -0.15) is 0 Å². The Labute approximate surface area is 354 Å². The Hall–Kier alpha value is -7.80. The molecule has 3 aliphatic rings. The molecule has 0 aliphatic carbocycles. The first-order valence-electron chi connectivity index (χ1n) is 19.3. The van der Waals surface area contributed by atoms with Gasteiger partial charge in [0.05, 0.1) is 17.9 Å². The van der Waals surface area contributed by atoms with Gasteiger partial charge in [-0.25, -0.2) is 0 Å². The van der Waals surface area contributed by atoms with Crippen molar-refractivity contribution < 1.29 is 90.8 Å². The van der Waals surface area contributed by atoms with E-state index in [0.29, 0.717) is 0 Å². The van der Waals surface area contributed by atoms with Crippen LogP contribution in [0.25, 0.3) is 0 Å². The lowest BCUT2D eigenvalue weighted by Gasteiger charge is -2.43. The molecule has 9 rings (SSSR count). The maximum absolute atomic E-state index is 12.5. The third-order valence-electron chi connectivity index (χ3n) is 11.8. The minimum absolute atomic E-state index is 0.0452. The van der Waals surface area contributed by atoms with Gasteiger partial charge in [0, 0.05) is 64.1 Å². The van der Waals surface area contributed by atoms with Crippen LogP contribution in [-0.2, 0) is 6.42 Å². The molecule has 15 N–H and O–H groups in total. The molecule has 18 heteroatoms. The molecule has 0 aromatic heterocycles. The zero-order chi connectivity index (χ0) is 44.9. The molecular formula is C45H38O18. The van der Waals surface area contributed by atoms with Crippen LogP contribution in [0.3, 0.4) is 0 Å². The van der Waals surface area contributed by atoms with Gasteiger partial charge in [-0.3, -0.25) is 0 Å². The van der Waals surface area contributed by atoms with Crippen LogP contribution in [0, 0.1) is 0 Å². The zero-order valence-corrected chi connectivity index (χ0v) is 32.3. The number of aliphatic hydroxyl groups excluding tert-OH is 3. The Morgan fingerprint density at radius 3 is 1.51 bits per heavy atom. The van der Waals surface area contributed by atoms with Crippen LogP contribution < -0.4 is 14.2 Å². The van der Waals surface area contributed by atoms with Crippen molar-refractivity contribution in [1.29, 1.82) is 0 Å². The number of fused-ring (bicyclic) bond motifs is 3. The van der Waals surface area contributed by atoms with Crippen LogP contribution in [-0.4, -0.2) is 94.9 Å². The number of aliphatic hydroxyl groups is 3. The Balaban J connectivity index is 1.31. The standard InChI is InChI=1S/C45H38O18/c46-18-4-1-15(2-5-18)42-40(60)37(33-25(52)13-22(49)20-12-30(57)41(62-44(20)33)16-3-6-21(48)23(50)7-16)35-27(54)14-26(53)34(45(35)63-42)36-32-24(51)10-19(47)11-31(32)61-43(39(36)59)17-8-28(55)38(58)29(56)9-17/h1-11,13-14,30,36-37,39-43,46-60H,12H2/t30-,36+,37-,39+,40+,41?,42+,43+/m0/s1. The van der Waals surface area contributed by atoms with Gasteiger partial charge < -0.3 is 90.8 Å². The first kappa shape index (κ1) is 40.6. The van der Waals surface area contributed by atoms with Crippen molar-refractivity contribution in [3.63, 3.8) is 0 Å². The van der Waals surface area contributed by atoms with E-state index in [1.165, 1.54) is 30.3 Å². The molecule has 3 aliphatic heterocycles. The molecule has 6 aromatic rings. The highest BCUT2D eigenvalue weighted by Gasteiger charge is 2.51. The van der Waals surface area contributed by atoms with Gasteiger partial charge in [0.2, 0.25) is 0 Å². The minimum atomic E-state index is -1.92. The van der Waals surface area contributed by atoms with Crippen LogP contribution in [0.5, 0.6) is 86.2 Å². The molecule has 8 atom stereocenters. The number of rotatable bonds is 5. The molecule has 0 saturated carbocycles. The molecule has 326 valence electrons. The summed E-state index contributed by atoms with van der Waals surface area (Å²) >= 11 is 0. The molecular weight excluding hydrogens is 828 g/mol. The van der Waals surface area contributed by atoms with E-state index in [9.17, 15) is 76.6 Å². The molecule has 0 amide bonds. The number of hydrogen-bond donors (Lipinski definition) is 15. The third kappa shape index (κ3) is 6.46. The van der Waals surface area contributed by atoms with Crippen LogP contribution in [0.2, 0.25) is 0 Å². The van der Waals surface area contributed by atoms with E-state index in [-0.39, 0.29) is 68.2 Å². The summed E-state index contributed by atoms with van der Waals surface area (Å²) in [7, 11) is 0. The number of hydrogen-bond acceptors (Lipinski definition) is 18. The Morgan fingerprint density at radius 1 is 0.381 bits per heavy atom. The number of phenolic OH excluding ortho intramolecular Hbond substituents is 12. The lowest BCUT2D eigenvalue weighted by atomic mass is 9.73. The number of aromatic hydroxyl groups is 12. The normalized spacial score (nSPS) is 23.6. The highest BCUT2D eigenvalue weighted by atomic mass is 16.5. The second kappa shape index (κ2) is 14.7. The summed E-state index contributed by atoms with van der Waals surface area (Å²) in [6, 6.07) is 14.8. The van der Waals surface area contributed by atoms with Crippen LogP contribution in [0.4, 0.5) is 0 Å². The molecule has 63 heavy (non-hydrogen) atoms. The maximum atomic E-state index is 12.5. The molecule has 0 spiro atoms. The summed E-state index contributed by atoms with van der Waals surface area (Å²) in [4.78, 5) is 0. The first-order valence-corrected chi connectivity index (χ1v) is 19.3. The summed E-state index contributed by atoms with van der Waals surface area (Å²) < 4.78 is 18.9. The highest BCUT2D eigenvalue weighted by molar-refractivity contribution is 5.71. The third-order valence-corrected chi connectivity index (χ3v) is 11.8. The van der Waals surface area contributed by atoms with Crippen molar-refractivity contribution in [2.24, 2.45) is 0 Å². The van der Waals surface area contributed by atoms with Crippen molar-refractivity contribution in [1.82, 2.24) is 0 Å². The molecule has 0 fully saturated rings. The second-order valence-electron chi connectivity index (χ2n) is 15.7. The average Bonchev–Trinajstić information content (AvgIpc) is 3.22. The van der Waals surface area contributed by atoms with Gasteiger partial charge in [-0.1, -0.05) is 18.2 Å². The van der Waals surface area contributed by atoms with Crippen molar-refractivity contribution in [2.75, 3.05) is 0 Å². The van der Waals surface area contributed by atoms with E-state index in [0.717, 1.165) is 48.5 Å². The first-order chi connectivity index (χ1) is 29.9. The van der Waals surface area contributed by atoms with E-state index in [2.05, 4.69) is 0 Å². The fourth-order valence-electron chi connectivity index (χ4n) is 8.96. The molecule has 0 radical (unpaired) electrons. The molecule has 1 unspecified atom stereocenters. The number of ether oxygens (including phenoxy) is 3. The Morgan fingerprint density at radius 2 is 0.889 bits per heavy atom. The van der Waals surface area contributed by atoms with Gasteiger partial charge in [0.1, 0.15) is 75.8 Å². The lowest BCUT2D eigenvalue weighted by molar-refractivity contribution is -0.00560. The van der Waals surface area contributed by atoms with Crippen molar-refractivity contribution in [3.8, 4) is 86.2 Å². The zero-order valence-electron chi connectivity index (χ0n) is 32.3. The topological polar surface area (TPSA) is 331 Å². The summed E-state index contributed by atoms with van der Waals surface area (Å²) in [6.45, 7) is 0. The predicted molar refractivity (Wildman–Crippen MR) is 214 cm³/mol. The van der Waals surface area contributed by atoms with Crippen LogP contribution in [0.1, 0.15) is 74.7 Å². The summed E-state index contributed by atoms with van der Waals surface area (Å²) in [5.74, 6) is -11.8. The monoisotopic (exact) mass is 866 g/mol. The molecule has 3 heterocycles. The molecule has 0 saturated heterocycles. The van der Waals surface area contributed by atoms with Gasteiger partial charge in [0.25, 0.3) is 0 Å². The number of benzene rings is 6. The van der Waals surface area contributed by atoms with E-state index in [4.69, 9.17) is 14.2 Å². The maximum Gasteiger partial charge on any atom is 0.200 e. The summed E-state index contributed by atoms with van der Waals surface area (Å²) in [6.07, 6.45) is -9.87. The summed E-state index contributed by atoms with van der Waals surface area (Å²) in [5.41, 5.74) is -1.03. The van der Waals surface area contributed by atoms with Crippen molar-refractivity contribution in [2.45, 2.75) is 54.9 Å². The molecule has 6 aromatic carbocycles. The largest absolute Gasteiger partial charge is 0.508 e. The van der Waals surface area contributed by atoms with Crippen LogP contribution in [0.15, 0.2) is 78.9 Å². The smallest absolute Gasteiger partial charge is 0.200 e. The van der Waals surface area contributed by atoms with Crippen LogP contribution >= 0.6 is 0 Å². The van der Waals surface area contributed by atoms with Crippen molar-refractivity contribution >= 4 is 0 Å². The fraction of sp³-hybridized carbons (Fsp3) is 0.200. The van der Waals surface area contributed by atoms with Gasteiger partial charge in [-0.15, -0.1) is 0 Å². The minimum Gasteiger partial charge on any atom is -0.508 e. The van der Waals surface area contributed by atoms with E-state index < -0.39 is 117 Å². The Bertz CT molecular complexity index is 2800. The van der Waals surface area contributed by atoms with E-state index >= 15 is 0 Å². The Kier molecular flexibility index (Phi) is 9.46. The quantitative estimate of drug-likeness (QED) is 0.106. The molecule has 0 bridgehead atoms. The van der Waals surface area contributed by atoms with Gasteiger partial charge >= 0.3 is 0 Å². The molecule has 18 nitrogen and oxygen atoms in total. The fourth-order valence-corrected chi connectivity index (χ4v) is 8.96. The second-order valence-corrected chi connectivity index (χ2v) is 15.7. The van der Waals surface area contributed by atoms with E-state index in [1.807, 2.05) is 0 Å².